The second kappa shape index (κ2) is 8.16. The molecule has 0 fully saturated rings. The number of furan rings is 1. The van der Waals surface area contributed by atoms with Crippen molar-refractivity contribution < 1.29 is 22.4 Å². The Hall–Kier alpha value is -3.29. The molecule has 0 aliphatic rings. The number of nitrogens with zero attached hydrogens (tertiary/aromatic N) is 3. The van der Waals surface area contributed by atoms with Gasteiger partial charge in [0.15, 0.2) is 0 Å². The summed E-state index contributed by atoms with van der Waals surface area (Å²) in [5.41, 5.74) is 0.964. The van der Waals surface area contributed by atoms with Gasteiger partial charge in [-0.15, -0.1) is 0 Å². The first-order chi connectivity index (χ1) is 13.3. The summed E-state index contributed by atoms with van der Waals surface area (Å²) in [5.74, 6) is 0.0669. The molecular weight excluding hydrogens is 371 g/mol. The summed E-state index contributed by atoms with van der Waals surface area (Å²) >= 11 is 0. The molecule has 0 aliphatic heterocycles. The van der Waals surface area contributed by atoms with Crippen LogP contribution in [0.2, 0.25) is 0 Å². The van der Waals surface area contributed by atoms with Crippen LogP contribution in [-0.2, 0) is 6.54 Å². The molecule has 0 unspecified atom stereocenters. The number of rotatable bonds is 6. The van der Waals surface area contributed by atoms with Gasteiger partial charge in [-0.05, 0) is 36.4 Å². The molecule has 0 N–H and O–H groups in total. The Morgan fingerprint density at radius 1 is 1.07 bits per heavy atom. The van der Waals surface area contributed by atoms with Gasteiger partial charge in [0.05, 0.1) is 18.4 Å². The Morgan fingerprint density at radius 2 is 1.82 bits per heavy atom. The number of anilines is 2. The SMILES string of the molecule is CN(c1ccccc1)c1ccc(C(=O)N(Cc2ccco2)CC(F)(F)F)cn1. The Bertz CT molecular complexity index is 895. The van der Waals surface area contributed by atoms with Crippen molar-refractivity contribution >= 4 is 17.4 Å². The van der Waals surface area contributed by atoms with E-state index >= 15 is 0 Å². The summed E-state index contributed by atoms with van der Waals surface area (Å²) in [5, 5.41) is 0. The van der Waals surface area contributed by atoms with Crippen LogP contribution in [0.3, 0.4) is 0 Å². The van der Waals surface area contributed by atoms with Gasteiger partial charge in [-0.1, -0.05) is 18.2 Å². The normalized spacial score (nSPS) is 11.3. The minimum absolute atomic E-state index is 0.0704. The van der Waals surface area contributed by atoms with Crippen LogP contribution in [0.15, 0.2) is 71.5 Å². The smallest absolute Gasteiger partial charge is 0.406 e. The number of benzene rings is 1. The highest BCUT2D eigenvalue weighted by Crippen LogP contribution is 2.23. The molecular formula is C20H18F3N3O2. The third-order valence-corrected chi connectivity index (χ3v) is 4.07. The zero-order valence-electron chi connectivity index (χ0n) is 15.1. The maximum absolute atomic E-state index is 12.9. The van der Waals surface area contributed by atoms with Crippen LogP contribution in [0, 0.1) is 0 Å². The number of carbonyl (C=O) groups is 1. The maximum Gasteiger partial charge on any atom is 0.406 e. The summed E-state index contributed by atoms with van der Waals surface area (Å²) in [6.07, 6.45) is -1.90. The molecule has 5 nitrogen and oxygen atoms in total. The van der Waals surface area contributed by atoms with E-state index in [0.717, 1.165) is 5.69 Å². The van der Waals surface area contributed by atoms with Crippen LogP contribution < -0.4 is 4.90 Å². The van der Waals surface area contributed by atoms with E-state index in [0.29, 0.717) is 10.7 Å². The van der Waals surface area contributed by atoms with E-state index in [1.165, 1.54) is 24.6 Å². The van der Waals surface area contributed by atoms with Gasteiger partial charge in [-0.2, -0.15) is 13.2 Å². The third kappa shape index (κ3) is 4.91. The Kier molecular flexibility index (Phi) is 5.67. The molecule has 8 heteroatoms. The molecule has 2 heterocycles. The zero-order chi connectivity index (χ0) is 20.1. The fraction of sp³-hybridized carbons (Fsp3) is 0.200. The number of para-hydroxylation sites is 1. The summed E-state index contributed by atoms with van der Waals surface area (Å²) in [7, 11) is 1.81. The van der Waals surface area contributed by atoms with E-state index in [2.05, 4.69) is 4.98 Å². The van der Waals surface area contributed by atoms with Crippen LogP contribution in [0.1, 0.15) is 16.1 Å². The molecule has 0 atom stereocenters. The van der Waals surface area contributed by atoms with E-state index in [4.69, 9.17) is 4.42 Å². The van der Waals surface area contributed by atoms with Crippen molar-refractivity contribution in [2.24, 2.45) is 0 Å². The monoisotopic (exact) mass is 389 g/mol. The minimum Gasteiger partial charge on any atom is -0.467 e. The molecule has 0 saturated carbocycles. The zero-order valence-corrected chi connectivity index (χ0v) is 15.1. The van der Waals surface area contributed by atoms with Gasteiger partial charge in [0, 0.05) is 18.9 Å². The fourth-order valence-electron chi connectivity index (χ4n) is 2.68. The average Bonchev–Trinajstić information content (AvgIpc) is 3.19. The number of carbonyl (C=O) groups excluding carboxylic acids is 1. The van der Waals surface area contributed by atoms with Crippen LogP contribution in [0.25, 0.3) is 0 Å². The van der Waals surface area contributed by atoms with Crippen molar-refractivity contribution in [1.82, 2.24) is 9.88 Å². The van der Waals surface area contributed by atoms with E-state index in [1.54, 1.807) is 12.1 Å². The lowest BCUT2D eigenvalue weighted by atomic mass is 10.2. The molecule has 28 heavy (non-hydrogen) atoms. The van der Waals surface area contributed by atoms with E-state index in [-0.39, 0.29) is 17.9 Å². The number of halogens is 3. The molecule has 0 aliphatic carbocycles. The van der Waals surface area contributed by atoms with Gasteiger partial charge in [0.25, 0.3) is 5.91 Å². The van der Waals surface area contributed by atoms with E-state index < -0.39 is 18.6 Å². The predicted molar refractivity (Wildman–Crippen MR) is 98.2 cm³/mol. The summed E-state index contributed by atoms with van der Waals surface area (Å²) in [6, 6.07) is 15.6. The molecule has 0 radical (unpaired) electrons. The molecule has 3 rings (SSSR count). The standard InChI is InChI=1S/C20H18F3N3O2/c1-25(16-6-3-2-4-7-16)18-10-9-15(12-24-18)19(27)26(14-20(21,22)23)13-17-8-5-11-28-17/h2-12H,13-14H2,1H3. The molecule has 146 valence electrons. The van der Waals surface area contributed by atoms with Gasteiger partial charge >= 0.3 is 6.18 Å². The molecule has 2 aromatic heterocycles. The highest BCUT2D eigenvalue weighted by atomic mass is 19.4. The van der Waals surface area contributed by atoms with Crippen molar-refractivity contribution in [1.29, 1.82) is 0 Å². The van der Waals surface area contributed by atoms with Gasteiger partial charge in [-0.25, -0.2) is 4.98 Å². The second-order valence-electron chi connectivity index (χ2n) is 6.16. The molecule has 3 aromatic rings. The number of hydrogen-bond donors (Lipinski definition) is 0. The lowest BCUT2D eigenvalue weighted by Crippen LogP contribution is -2.38. The topological polar surface area (TPSA) is 49.6 Å². The van der Waals surface area contributed by atoms with Gasteiger partial charge < -0.3 is 14.2 Å². The van der Waals surface area contributed by atoms with Crippen molar-refractivity contribution in [2.75, 3.05) is 18.5 Å². The van der Waals surface area contributed by atoms with Crippen molar-refractivity contribution in [2.45, 2.75) is 12.7 Å². The summed E-state index contributed by atoms with van der Waals surface area (Å²) < 4.78 is 43.8. The van der Waals surface area contributed by atoms with E-state index in [9.17, 15) is 18.0 Å². The lowest BCUT2D eigenvalue weighted by molar-refractivity contribution is -0.142. The molecule has 0 saturated heterocycles. The minimum atomic E-state index is -4.52. The molecule has 0 spiro atoms. The number of aromatic nitrogens is 1. The van der Waals surface area contributed by atoms with Gasteiger partial charge in [0.2, 0.25) is 0 Å². The molecule has 0 bridgehead atoms. The van der Waals surface area contributed by atoms with Crippen LogP contribution in [0.4, 0.5) is 24.7 Å². The fourth-order valence-corrected chi connectivity index (χ4v) is 2.68. The lowest BCUT2D eigenvalue weighted by Gasteiger charge is -2.23. The largest absolute Gasteiger partial charge is 0.467 e. The highest BCUT2D eigenvalue weighted by Gasteiger charge is 2.34. The first-order valence-electron chi connectivity index (χ1n) is 8.47. The van der Waals surface area contributed by atoms with Crippen LogP contribution in [-0.4, -0.2) is 35.6 Å². The molecule has 1 amide bonds. The second-order valence-corrected chi connectivity index (χ2v) is 6.16. The average molecular weight is 389 g/mol. The van der Waals surface area contributed by atoms with Crippen molar-refractivity contribution in [3.05, 3.63) is 78.4 Å². The molecule has 1 aromatic carbocycles. The summed E-state index contributed by atoms with van der Waals surface area (Å²) in [6.45, 7) is -1.66. The number of amides is 1. The number of hydrogen-bond acceptors (Lipinski definition) is 4. The Labute approximate surface area is 160 Å². The van der Waals surface area contributed by atoms with Gasteiger partial charge in [0.1, 0.15) is 18.1 Å². The first kappa shape index (κ1) is 19.5. The summed E-state index contributed by atoms with van der Waals surface area (Å²) in [4.78, 5) is 19.4. The quantitative estimate of drug-likeness (QED) is 0.616. The predicted octanol–water partition coefficient (Wildman–Crippen LogP) is 4.65. The first-order valence-corrected chi connectivity index (χ1v) is 8.47. The van der Waals surface area contributed by atoms with E-state index in [1.807, 2.05) is 42.3 Å². The number of alkyl halides is 3. The van der Waals surface area contributed by atoms with Gasteiger partial charge in [-0.3, -0.25) is 4.79 Å². The third-order valence-electron chi connectivity index (χ3n) is 4.07. The van der Waals surface area contributed by atoms with Crippen LogP contribution in [0.5, 0.6) is 0 Å². The number of pyridine rings is 1. The van der Waals surface area contributed by atoms with Crippen molar-refractivity contribution in [3.63, 3.8) is 0 Å². The maximum atomic E-state index is 12.9. The van der Waals surface area contributed by atoms with Crippen molar-refractivity contribution in [3.8, 4) is 0 Å². The highest BCUT2D eigenvalue weighted by molar-refractivity contribution is 5.94. The Morgan fingerprint density at radius 3 is 2.39 bits per heavy atom. The Balaban J connectivity index is 1.78. The van der Waals surface area contributed by atoms with Crippen LogP contribution >= 0.6 is 0 Å².